The lowest BCUT2D eigenvalue weighted by molar-refractivity contribution is -0.131. The second-order valence-corrected chi connectivity index (χ2v) is 6.31. The van der Waals surface area contributed by atoms with Crippen molar-refractivity contribution in [1.29, 1.82) is 5.26 Å². The van der Waals surface area contributed by atoms with Crippen molar-refractivity contribution in [2.75, 3.05) is 26.2 Å². The molecular formula is C16H27N3O. The third kappa shape index (κ3) is 3.52. The fourth-order valence-corrected chi connectivity index (χ4v) is 3.82. The Bertz CT molecular complexity index is 368. The molecule has 0 bridgehead atoms. The zero-order chi connectivity index (χ0) is 14.5. The summed E-state index contributed by atoms with van der Waals surface area (Å²) in [6, 6.07) is 2.94. The monoisotopic (exact) mass is 277 g/mol. The van der Waals surface area contributed by atoms with Gasteiger partial charge >= 0.3 is 0 Å². The summed E-state index contributed by atoms with van der Waals surface area (Å²) in [5.41, 5.74) is 0. The van der Waals surface area contributed by atoms with Crippen molar-refractivity contribution in [3.63, 3.8) is 0 Å². The van der Waals surface area contributed by atoms with Crippen molar-refractivity contribution in [1.82, 2.24) is 9.80 Å². The fraction of sp³-hybridized carbons (Fsp3) is 0.875. The number of hydrogen-bond acceptors (Lipinski definition) is 3. The zero-order valence-corrected chi connectivity index (χ0v) is 12.8. The van der Waals surface area contributed by atoms with Gasteiger partial charge in [0.15, 0.2) is 0 Å². The molecular weight excluding hydrogens is 250 g/mol. The lowest BCUT2D eigenvalue weighted by Crippen LogP contribution is -2.54. The summed E-state index contributed by atoms with van der Waals surface area (Å²) in [4.78, 5) is 15.8. The fourth-order valence-electron chi connectivity index (χ4n) is 3.82. The lowest BCUT2D eigenvalue weighted by atomic mass is 9.76. The van der Waals surface area contributed by atoms with Gasteiger partial charge in [0.1, 0.15) is 0 Å². The molecule has 1 saturated heterocycles. The highest BCUT2D eigenvalue weighted by Crippen LogP contribution is 2.34. The highest BCUT2D eigenvalue weighted by molar-refractivity contribution is 5.73. The Labute approximate surface area is 122 Å². The Morgan fingerprint density at radius 3 is 2.50 bits per heavy atom. The van der Waals surface area contributed by atoms with Gasteiger partial charge in [-0.05, 0) is 25.2 Å². The molecule has 0 spiro atoms. The van der Waals surface area contributed by atoms with E-state index in [1.165, 1.54) is 25.7 Å². The van der Waals surface area contributed by atoms with E-state index in [1.807, 2.05) is 4.90 Å². The highest BCUT2D eigenvalue weighted by atomic mass is 16.2. The van der Waals surface area contributed by atoms with Crippen LogP contribution in [0.3, 0.4) is 0 Å². The number of piperazine rings is 1. The molecule has 1 amide bonds. The molecule has 0 aromatic rings. The second kappa shape index (κ2) is 7.08. The number of nitriles is 1. The maximum Gasteiger partial charge on any atom is 0.219 e. The van der Waals surface area contributed by atoms with Gasteiger partial charge in [0, 0.05) is 39.1 Å². The van der Waals surface area contributed by atoms with E-state index < -0.39 is 0 Å². The van der Waals surface area contributed by atoms with Crippen LogP contribution in [0, 0.1) is 23.2 Å². The summed E-state index contributed by atoms with van der Waals surface area (Å²) >= 11 is 0. The van der Waals surface area contributed by atoms with Crippen LogP contribution in [-0.4, -0.2) is 47.9 Å². The highest BCUT2D eigenvalue weighted by Gasteiger charge is 2.35. The van der Waals surface area contributed by atoms with Gasteiger partial charge in [-0.25, -0.2) is 0 Å². The average molecular weight is 277 g/mol. The molecule has 4 heteroatoms. The van der Waals surface area contributed by atoms with Crippen LogP contribution in [-0.2, 0) is 4.79 Å². The first-order valence-electron chi connectivity index (χ1n) is 8.04. The van der Waals surface area contributed by atoms with Crippen molar-refractivity contribution in [3.8, 4) is 6.07 Å². The largest absolute Gasteiger partial charge is 0.340 e. The molecule has 1 heterocycles. The summed E-state index contributed by atoms with van der Waals surface area (Å²) < 4.78 is 0. The van der Waals surface area contributed by atoms with Crippen molar-refractivity contribution in [2.24, 2.45) is 11.8 Å². The van der Waals surface area contributed by atoms with Gasteiger partial charge in [0.25, 0.3) is 0 Å². The normalized spacial score (nSPS) is 31.9. The van der Waals surface area contributed by atoms with Crippen molar-refractivity contribution in [2.45, 2.75) is 52.0 Å². The Hall–Kier alpha value is -1.08. The standard InChI is InChI=1S/C16H27N3O/c1-3-4-14-5-6-15(12-17)16(11-14)19-9-7-18(8-10-19)13(2)20/h14-16H,3-11H2,1-2H3. The molecule has 2 aliphatic rings. The maximum absolute atomic E-state index is 11.4. The van der Waals surface area contributed by atoms with Crippen LogP contribution >= 0.6 is 0 Å². The van der Waals surface area contributed by atoms with Crippen molar-refractivity contribution < 1.29 is 4.79 Å². The smallest absolute Gasteiger partial charge is 0.219 e. The third-order valence-corrected chi connectivity index (χ3v) is 5.02. The van der Waals surface area contributed by atoms with Gasteiger partial charge in [-0.2, -0.15) is 5.26 Å². The molecule has 2 fully saturated rings. The van der Waals surface area contributed by atoms with Gasteiger partial charge in [-0.15, -0.1) is 0 Å². The molecule has 1 aliphatic carbocycles. The summed E-state index contributed by atoms with van der Waals surface area (Å²) in [6.45, 7) is 7.40. The minimum Gasteiger partial charge on any atom is -0.340 e. The third-order valence-electron chi connectivity index (χ3n) is 5.02. The van der Waals surface area contributed by atoms with Crippen LogP contribution in [0.2, 0.25) is 0 Å². The molecule has 4 nitrogen and oxygen atoms in total. The summed E-state index contributed by atoms with van der Waals surface area (Å²) in [7, 11) is 0. The molecule has 3 unspecified atom stereocenters. The predicted octanol–water partition coefficient (Wildman–Crippen LogP) is 2.26. The van der Waals surface area contributed by atoms with E-state index in [2.05, 4.69) is 17.9 Å². The molecule has 1 aliphatic heterocycles. The minimum atomic E-state index is 0.175. The second-order valence-electron chi connectivity index (χ2n) is 6.31. The number of carbonyl (C=O) groups excluding carboxylic acids is 1. The quantitative estimate of drug-likeness (QED) is 0.795. The molecule has 0 N–H and O–H groups in total. The van der Waals surface area contributed by atoms with Crippen molar-refractivity contribution >= 4 is 5.91 Å². The first kappa shape index (κ1) is 15.3. The first-order valence-corrected chi connectivity index (χ1v) is 8.04. The summed E-state index contributed by atoms with van der Waals surface area (Å²) in [5.74, 6) is 1.15. The molecule has 0 aromatic carbocycles. The van der Waals surface area contributed by atoms with E-state index in [-0.39, 0.29) is 11.8 Å². The van der Waals surface area contributed by atoms with Crippen LogP contribution in [0.25, 0.3) is 0 Å². The molecule has 2 rings (SSSR count). The number of nitrogens with zero attached hydrogens (tertiary/aromatic N) is 3. The van der Waals surface area contributed by atoms with E-state index in [1.54, 1.807) is 6.92 Å². The van der Waals surface area contributed by atoms with E-state index in [4.69, 9.17) is 0 Å². The van der Waals surface area contributed by atoms with Crippen molar-refractivity contribution in [3.05, 3.63) is 0 Å². The number of rotatable bonds is 3. The average Bonchev–Trinajstić information content (AvgIpc) is 2.47. The van der Waals surface area contributed by atoms with Crippen LogP contribution in [0.1, 0.15) is 46.0 Å². The van der Waals surface area contributed by atoms with E-state index in [9.17, 15) is 10.1 Å². The van der Waals surface area contributed by atoms with E-state index in [0.29, 0.717) is 6.04 Å². The maximum atomic E-state index is 11.4. The molecule has 20 heavy (non-hydrogen) atoms. The van der Waals surface area contributed by atoms with Gasteiger partial charge in [0.05, 0.1) is 12.0 Å². The van der Waals surface area contributed by atoms with Crippen LogP contribution in [0.5, 0.6) is 0 Å². The van der Waals surface area contributed by atoms with Crippen LogP contribution < -0.4 is 0 Å². The molecule has 0 radical (unpaired) electrons. The van der Waals surface area contributed by atoms with Crippen LogP contribution in [0.4, 0.5) is 0 Å². The summed E-state index contributed by atoms with van der Waals surface area (Å²) in [6.07, 6.45) is 5.98. The molecule has 0 aromatic heterocycles. The molecule has 1 saturated carbocycles. The zero-order valence-electron chi connectivity index (χ0n) is 12.8. The Balaban J connectivity index is 1.94. The minimum absolute atomic E-state index is 0.175. The Morgan fingerprint density at radius 1 is 1.25 bits per heavy atom. The van der Waals surface area contributed by atoms with Gasteiger partial charge in [0.2, 0.25) is 5.91 Å². The number of carbonyl (C=O) groups is 1. The van der Waals surface area contributed by atoms with Crippen LogP contribution in [0.15, 0.2) is 0 Å². The Kier molecular flexibility index (Phi) is 5.42. The van der Waals surface area contributed by atoms with Gasteiger partial charge < -0.3 is 4.90 Å². The van der Waals surface area contributed by atoms with Gasteiger partial charge in [-0.3, -0.25) is 9.69 Å². The molecule has 112 valence electrons. The molecule has 3 atom stereocenters. The van der Waals surface area contributed by atoms with E-state index >= 15 is 0 Å². The van der Waals surface area contributed by atoms with E-state index in [0.717, 1.165) is 38.5 Å². The van der Waals surface area contributed by atoms with Gasteiger partial charge in [-0.1, -0.05) is 19.8 Å². The predicted molar refractivity (Wildman–Crippen MR) is 79.0 cm³/mol. The SMILES string of the molecule is CCCC1CCC(C#N)C(N2CCN(C(C)=O)CC2)C1. The Morgan fingerprint density at radius 2 is 1.95 bits per heavy atom. The lowest BCUT2D eigenvalue weighted by Gasteiger charge is -2.44. The topological polar surface area (TPSA) is 47.3 Å². The number of hydrogen-bond donors (Lipinski definition) is 0. The summed E-state index contributed by atoms with van der Waals surface area (Å²) in [5, 5.41) is 9.41. The number of amides is 1. The first-order chi connectivity index (χ1) is 9.65.